The first-order valence-corrected chi connectivity index (χ1v) is 8.63. The Morgan fingerprint density at radius 2 is 1.44 bits per heavy atom. The first-order chi connectivity index (χ1) is 11.5. The van der Waals surface area contributed by atoms with Gasteiger partial charge in [0.2, 0.25) is 17.7 Å². The summed E-state index contributed by atoms with van der Waals surface area (Å²) in [6.07, 6.45) is 0.368. The summed E-state index contributed by atoms with van der Waals surface area (Å²) < 4.78 is 0. The van der Waals surface area contributed by atoms with E-state index in [1.807, 2.05) is 13.8 Å². The third-order valence-electron chi connectivity index (χ3n) is 3.30. The fourth-order valence-electron chi connectivity index (χ4n) is 1.87. The molecule has 9 nitrogen and oxygen atoms in total. The number of thiol groups is 1. The van der Waals surface area contributed by atoms with Crippen molar-refractivity contribution in [3.8, 4) is 0 Å². The lowest BCUT2D eigenvalue weighted by molar-refractivity contribution is -0.141. The average Bonchev–Trinajstić information content (AvgIpc) is 2.50. The highest BCUT2D eigenvalue weighted by molar-refractivity contribution is 7.80. The summed E-state index contributed by atoms with van der Waals surface area (Å²) in [4.78, 5) is 47.0. The topological polar surface area (TPSA) is 151 Å². The molecule has 0 aromatic heterocycles. The lowest BCUT2D eigenvalue weighted by Crippen LogP contribution is -2.56. The van der Waals surface area contributed by atoms with Crippen LogP contribution >= 0.6 is 12.6 Å². The minimum absolute atomic E-state index is 0.0812. The van der Waals surface area contributed by atoms with E-state index in [1.54, 1.807) is 0 Å². The van der Waals surface area contributed by atoms with E-state index in [0.29, 0.717) is 6.42 Å². The Bertz CT molecular complexity index is 498. The molecule has 0 aromatic carbocycles. The highest BCUT2D eigenvalue weighted by atomic mass is 32.1. The van der Waals surface area contributed by atoms with Crippen molar-refractivity contribution in [3.05, 3.63) is 0 Å². The zero-order valence-electron chi connectivity index (χ0n) is 14.9. The molecule has 3 amide bonds. The molecule has 6 N–H and O–H groups in total. The Kier molecular flexibility index (Phi) is 10.1. The quantitative estimate of drug-likeness (QED) is 0.266. The van der Waals surface area contributed by atoms with Gasteiger partial charge in [0.1, 0.15) is 18.1 Å². The zero-order chi connectivity index (χ0) is 19.7. The summed E-state index contributed by atoms with van der Waals surface area (Å²) in [6.45, 7) is 6.70. The minimum Gasteiger partial charge on any atom is -0.480 e. The third-order valence-corrected chi connectivity index (χ3v) is 3.67. The van der Waals surface area contributed by atoms with Crippen molar-refractivity contribution in [3.63, 3.8) is 0 Å². The van der Waals surface area contributed by atoms with Crippen LogP contribution in [0.15, 0.2) is 0 Å². The van der Waals surface area contributed by atoms with Gasteiger partial charge in [0, 0.05) is 5.75 Å². The van der Waals surface area contributed by atoms with Crippen LogP contribution in [0.4, 0.5) is 0 Å². The van der Waals surface area contributed by atoms with Gasteiger partial charge in [-0.1, -0.05) is 13.8 Å². The Hall–Kier alpha value is -1.81. The molecule has 0 aliphatic rings. The standard InChI is InChI=1S/C15H28N4O5S/c1-7(2)5-10(18-12(20)8(3)16)14(22)17-9(4)13(21)19-11(6-25)15(23)24/h7-11,25H,5-6,16H2,1-4H3,(H,17,22)(H,18,20)(H,19,21)(H,23,24). The van der Waals surface area contributed by atoms with Gasteiger partial charge in [-0.05, 0) is 26.2 Å². The fourth-order valence-corrected chi connectivity index (χ4v) is 2.12. The van der Waals surface area contributed by atoms with Crippen molar-refractivity contribution in [2.75, 3.05) is 5.75 Å². The molecule has 0 aliphatic carbocycles. The molecule has 0 rings (SSSR count). The van der Waals surface area contributed by atoms with E-state index in [9.17, 15) is 19.2 Å². The van der Waals surface area contributed by atoms with Gasteiger partial charge in [-0.25, -0.2) is 4.79 Å². The van der Waals surface area contributed by atoms with Gasteiger partial charge >= 0.3 is 5.97 Å². The Balaban J connectivity index is 4.88. The van der Waals surface area contributed by atoms with Crippen LogP contribution in [0.1, 0.15) is 34.1 Å². The van der Waals surface area contributed by atoms with E-state index < -0.39 is 47.9 Å². The third kappa shape index (κ3) is 8.73. The molecule has 0 spiro atoms. The number of nitrogens with one attached hydrogen (secondary N) is 3. The van der Waals surface area contributed by atoms with Gasteiger partial charge < -0.3 is 26.8 Å². The molecule has 0 fully saturated rings. The van der Waals surface area contributed by atoms with Crippen molar-refractivity contribution in [2.45, 2.75) is 58.3 Å². The molecule has 0 saturated carbocycles. The number of aliphatic carboxylic acids is 1. The second kappa shape index (κ2) is 10.9. The van der Waals surface area contributed by atoms with Crippen molar-refractivity contribution in [2.24, 2.45) is 11.7 Å². The van der Waals surface area contributed by atoms with Crippen molar-refractivity contribution in [1.82, 2.24) is 16.0 Å². The molecule has 4 unspecified atom stereocenters. The lowest BCUT2D eigenvalue weighted by Gasteiger charge is -2.23. The van der Waals surface area contributed by atoms with Crippen LogP contribution in [0.5, 0.6) is 0 Å². The normalized spacial score (nSPS) is 15.6. The summed E-state index contributed by atoms with van der Waals surface area (Å²) in [6, 6.07) is -3.74. The monoisotopic (exact) mass is 376 g/mol. The van der Waals surface area contributed by atoms with Crippen molar-refractivity contribution < 1.29 is 24.3 Å². The number of carbonyl (C=O) groups excluding carboxylic acids is 3. The highest BCUT2D eigenvalue weighted by Crippen LogP contribution is 2.06. The summed E-state index contributed by atoms with van der Waals surface area (Å²) in [7, 11) is 0. The van der Waals surface area contributed by atoms with E-state index in [1.165, 1.54) is 13.8 Å². The molecule has 0 saturated heterocycles. The smallest absolute Gasteiger partial charge is 0.327 e. The number of carbonyl (C=O) groups is 4. The predicted molar refractivity (Wildman–Crippen MR) is 96.1 cm³/mol. The second-order valence-corrected chi connectivity index (χ2v) is 6.66. The molecule has 25 heavy (non-hydrogen) atoms. The molecule has 0 aliphatic heterocycles. The van der Waals surface area contributed by atoms with Crippen LogP contribution in [-0.4, -0.2) is 58.7 Å². The number of hydrogen-bond donors (Lipinski definition) is 6. The zero-order valence-corrected chi connectivity index (χ0v) is 15.8. The summed E-state index contributed by atoms with van der Waals surface area (Å²) in [5, 5.41) is 16.2. The van der Waals surface area contributed by atoms with Crippen LogP contribution in [0.3, 0.4) is 0 Å². The maximum Gasteiger partial charge on any atom is 0.327 e. The summed E-state index contributed by atoms with van der Waals surface area (Å²) in [5.74, 6) is -2.85. The van der Waals surface area contributed by atoms with E-state index in [-0.39, 0.29) is 11.7 Å². The van der Waals surface area contributed by atoms with Crippen LogP contribution in [0.25, 0.3) is 0 Å². The van der Waals surface area contributed by atoms with E-state index in [0.717, 1.165) is 0 Å². The Labute approximate surface area is 152 Å². The van der Waals surface area contributed by atoms with Gasteiger partial charge in [-0.2, -0.15) is 12.6 Å². The lowest BCUT2D eigenvalue weighted by atomic mass is 10.0. The number of amides is 3. The van der Waals surface area contributed by atoms with Crippen LogP contribution in [0, 0.1) is 5.92 Å². The maximum atomic E-state index is 12.4. The largest absolute Gasteiger partial charge is 0.480 e. The van der Waals surface area contributed by atoms with E-state index in [2.05, 4.69) is 28.6 Å². The van der Waals surface area contributed by atoms with E-state index in [4.69, 9.17) is 10.8 Å². The minimum atomic E-state index is -1.22. The fraction of sp³-hybridized carbons (Fsp3) is 0.733. The molecule has 144 valence electrons. The van der Waals surface area contributed by atoms with Gasteiger partial charge in [-0.15, -0.1) is 0 Å². The summed E-state index contributed by atoms with van der Waals surface area (Å²) >= 11 is 3.85. The van der Waals surface area contributed by atoms with Gasteiger partial charge in [0.25, 0.3) is 0 Å². The molecule has 10 heteroatoms. The van der Waals surface area contributed by atoms with E-state index >= 15 is 0 Å². The SMILES string of the molecule is CC(C)CC(NC(=O)C(C)N)C(=O)NC(C)C(=O)NC(CS)C(=O)O. The molecular weight excluding hydrogens is 348 g/mol. The summed E-state index contributed by atoms with van der Waals surface area (Å²) in [5.41, 5.74) is 5.49. The molecule has 0 heterocycles. The number of rotatable bonds is 10. The number of nitrogens with two attached hydrogens (primary N) is 1. The number of carboxylic acids is 1. The number of hydrogen-bond acceptors (Lipinski definition) is 6. The van der Waals surface area contributed by atoms with Gasteiger partial charge in [-0.3, -0.25) is 14.4 Å². The number of carboxylic acid groups (broad SMARTS) is 1. The van der Waals surface area contributed by atoms with Crippen LogP contribution < -0.4 is 21.7 Å². The van der Waals surface area contributed by atoms with Crippen molar-refractivity contribution >= 4 is 36.3 Å². The first kappa shape index (κ1) is 23.2. The highest BCUT2D eigenvalue weighted by Gasteiger charge is 2.27. The predicted octanol–water partition coefficient (Wildman–Crippen LogP) is -1.13. The van der Waals surface area contributed by atoms with Gasteiger partial charge in [0.05, 0.1) is 6.04 Å². The first-order valence-electron chi connectivity index (χ1n) is 7.99. The molecular formula is C15H28N4O5S. The van der Waals surface area contributed by atoms with Crippen LogP contribution in [0.2, 0.25) is 0 Å². The molecule has 0 aromatic rings. The van der Waals surface area contributed by atoms with Crippen molar-refractivity contribution in [1.29, 1.82) is 0 Å². The molecule has 4 atom stereocenters. The Morgan fingerprint density at radius 3 is 1.84 bits per heavy atom. The van der Waals surface area contributed by atoms with Gasteiger partial charge in [0.15, 0.2) is 0 Å². The second-order valence-electron chi connectivity index (χ2n) is 6.29. The molecule has 0 bridgehead atoms. The Morgan fingerprint density at radius 1 is 0.920 bits per heavy atom. The average molecular weight is 376 g/mol. The maximum absolute atomic E-state index is 12.4. The van der Waals surface area contributed by atoms with Crippen LogP contribution in [-0.2, 0) is 19.2 Å². The molecule has 0 radical (unpaired) electrons.